The minimum atomic E-state index is -0.187. The van der Waals surface area contributed by atoms with Crippen molar-refractivity contribution in [2.45, 2.75) is 96.1 Å². The number of nitrogens with one attached hydrogen (secondary N) is 1. The number of amides is 2. The summed E-state index contributed by atoms with van der Waals surface area (Å²) in [6.07, 6.45) is 10.8. The van der Waals surface area contributed by atoms with E-state index in [1.54, 1.807) is 0 Å². The van der Waals surface area contributed by atoms with Gasteiger partial charge in [0.2, 0.25) is 11.8 Å². The summed E-state index contributed by atoms with van der Waals surface area (Å²) in [6, 6.07) is 0.164. The van der Waals surface area contributed by atoms with Crippen molar-refractivity contribution < 1.29 is 14.1 Å². The summed E-state index contributed by atoms with van der Waals surface area (Å²) in [5.41, 5.74) is 1.74. The van der Waals surface area contributed by atoms with E-state index in [2.05, 4.69) is 10.5 Å². The molecule has 3 aliphatic rings. The predicted octanol–water partition coefficient (Wildman–Crippen LogP) is 3.44. The molecule has 2 atom stereocenters. The van der Waals surface area contributed by atoms with Gasteiger partial charge in [0.1, 0.15) is 5.76 Å². The Labute approximate surface area is 167 Å². The Hall–Kier alpha value is -1.85. The monoisotopic (exact) mass is 387 g/mol. The molecule has 1 aromatic rings. The van der Waals surface area contributed by atoms with Crippen molar-refractivity contribution in [1.29, 1.82) is 0 Å². The van der Waals surface area contributed by atoms with E-state index >= 15 is 0 Å². The summed E-state index contributed by atoms with van der Waals surface area (Å²) in [4.78, 5) is 27.9. The largest absolute Gasteiger partial charge is 0.361 e. The van der Waals surface area contributed by atoms with Gasteiger partial charge < -0.3 is 14.7 Å². The van der Waals surface area contributed by atoms with Crippen LogP contribution < -0.4 is 5.32 Å². The molecule has 0 aromatic carbocycles. The van der Waals surface area contributed by atoms with Gasteiger partial charge in [-0.1, -0.05) is 24.4 Å². The zero-order valence-corrected chi connectivity index (χ0v) is 17.3. The van der Waals surface area contributed by atoms with Crippen molar-refractivity contribution in [3.05, 3.63) is 17.0 Å². The van der Waals surface area contributed by atoms with Gasteiger partial charge in [-0.2, -0.15) is 0 Å². The van der Waals surface area contributed by atoms with Gasteiger partial charge in [0.05, 0.1) is 17.3 Å². The van der Waals surface area contributed by atoms with E-state index < -0.39 is 0 Å². The standard InChI is InChI=1S/C22H33N3O3/c1-15-18(16(2)28-24-15)10-11-20(26)25-14-13-22(12-6-9-19(22)25)23-21(27)17-7-4-3-5-8-17/h17,19H,3-14H2,1-2H3,(H,23,27). The molecule has 1 saturated heterocycles. The number of carbonyl (C=O) groups is 2. The van der Waals surface area contributed by atoms with Crippen molar-refractivity contribution in [2.75, 3.05) is 6.54 Å². The van der Waals surface area contributed by atoms with Gasteiger partial charge in [0.15, 0.2) is 0 Å². The number of likely N-dealkylation sites (tertiary alicyclic amines) is 1. The zero-order chi connectivity index (χ0) is 19.7. The molecular weight excluding hydrogens is 354 g/mol. The molecule has 0 spiro atoms. The minimum Gasteiger partial charge on any atom is -0.361 e. The zero-order valence-electron chi connectivity index (χ0n) is 17.3. The number of carbonyl (C=O) groups excluding carboxylic acids is 2. The first-order valence-electron chi connectivity index (χ1n) is 11.0. The molecule has 3 fully saturated rings. The molecule has 154 valence electrons. The van der Waals surface area contributed by atoms with Gasteiger partial charge in [-0.3, -0.25) is 9.59 Å². The average Bonchev–Trinajstić information content (AvgIpc) is 3.34. The van der Waals surface area contributed by atoms with E-state index in [0.717, 1.165) is 62.1 Å². The van der Waals surface area contributed by atoms with Crippen LogP contribution in [0.1, 0.15) is 81.2 Å². The summed E-state index contributed by atoms with van der Waals surface area (Å²) in [5, 5.41) is 7.42. The Bertz CT molecular complexity index is 718. The summed E-state index contributed by atoms with van der Waals surface area (Å²) < 4.78 is 5.22. The first-order valence-corrected chi connectivity index (χ1v) is 11.0. The molecule has 28 heavy (non-hydrogen) atoms. The molecule has 1 aromatic heterocycles. The molecule has 2 saturated carbocycles. The fourth-order valence-electron chi connectivity index (χ4n) is 5.73. The molecule has 2 unspecified atom stereocenters. The number of hydrogen-bond acceptors (Lipinski definition) is 4. The highest BCUT2D eigenvalue weighted by atomic mass is 16.5. The highest BCUT2D eigenvalue weighted by Gasteiger charge is 2.52. The molecule has 4 rings (SSSR count). The van der Waals surface area contributed by atoms with Crippen LogP contribution in [-0.2, 0) is 16.0 Å². The number of aryl methyl sites for hydroxylation is 2. The van der Waals surface area contributed by atoms with Gasteiger partial charge >= 0.3 is 0 Å². The number of fused-ring (bicyclic) bond motifs is 1. The SMILES string of the molecule is Cc1noc(C)c1CCC(=O)N1CCC2(NC(=O)C3CCCCC3)CCCC12. The van der Waals surface area contributed by atoms with Gasteiger partial charge in [-0.15, -0.1) is 0 Å². The third-order valence-electron chi connectivity index (χ3n) is 7.35. The molecule has 2 amide bonds. The quantitative estimate of drug-likeness (QED) is 0.840. The first-order chi connectivity index (χ1) is 13.5. The lowest BCUT2D eigenvalue weighted by molar-refractivity contribution is -0.134. The topological polar surface area (TPSA) is 75.4 Å². The Morgan fingerprint density at radius 3 is 2.64 bits per heavy atom. The number of nitrogens with zero attached hydrogens (tertiary/aromatic N) is 2. The summed E-state index contributed by atoms with van der Waals surface area (Å²) in [6.45, 7) is 4.59. The summed E-state index contributed by atoms with van der Waals surface area (Å²) in [5.74, 6) is 1.41. The maximum absolute atomic E-state index is 13.0. The van der Waals surface area contributed by atoms with E-state index in [9.17, 15) is 9.59 Å². The summed E-state index contributed by atoms with van der Waals surface area (Å²) >= 11 is 0. The predicted molar refractivity (Wildman–Crippen MR) is 106 cm³/mol. The Balaban J connectivity index is 1.39. The minimum absolute atomic E-state index is 0.164. The normalized spacial score (nSPS) is 27.8. The average molecular weight is 388 g/mol. The number of rotatable bonds is 5. The van der Waals surface area contributed by atoms with Crippen LogP contribution in [-0.4, -0.2) is 40.0 Å². The van der Waals surface area contributed by atoms with Crippen molar-refractivity contribution in [2.24, 2.45) is 5.92 Å². The van der Waals surface area contributed by atoms with E-state index in [1.165, 1.54) is 19.3 Å². The van der Waals surface area contributed by atoms with E-state index in [1.807, 2.05) is 18.7 Å². The molecule has 0 radical (unpaired) electrons. The molecular formula is C22H33N3O3. The maximum Gasteiger partial charge on any atom is 0.223 e. The van der Waals surface area contributed by atoms with E-state index in [4.69, 9.17) is 4.52 Å². The van der Waals surface area contributed by atoms with Crippen LogP contribution in [0.15, 0.2) is 4.52 Å². The Morgan fingerprint density at radius 1 is 1.14 bits per heavy atom. The molecule has 2 aliphatic carbocycles. The smallest absolute Gasteiger partial charge is 0.223 e. The molecule has 0 bridgehead atoms. The lowest BCUT2D eigenvalue weighted by Crippen LogP contribution is -2.55. The fourth-order valence-corrected chi connectivity index (χ4v) is 5.73. The third-order valence-corrected chi connectivity index (χ3v) is 7.35. The second-order valence-electron chi connectivity index (χ2n) is 9.03. The van der Waals surface area contributed by atoms with Crippen LogP contribution in [0.4, 0.5) is 0 Å². The van der Waals surface area contributed by atoms with Gasteiger partial charge in [-0.25, -0.2) is 0 Å². The van der Waals surface area contributed by atoms with Crippen molar-refractivity contribution in [3.63, 3.8) is 0 Å². The van der Waals surface area contributed by atoms with Gasteiger partial charge in [0.25, 0.3) is 0 Å². The maximum atomic E-state index is 13.0. The van der Waals surface area contributed by atoms with E-state index in [0.29, 0.717) is 12.8 Å². The lowest BCUT2D eigenvalue weighted by atomic mass is 9.86. The van der Waals surface area contributed by atoms with Crippen LogP contribution in [0.5, 0.6) is 0 Å². The molecule has 6 nitrogen and oxygen atoms in total. The molecule has 2 heterocycles. The summed E-state index contributed by atoms with van der Waals surface area (Å²) in [7, 11) is 0. The van der Waals surface area contributed by atoms with Gasteiger partial charge in [0, 0.05) is 24.4 Å². The van der Waals surface area contributed by atoms with Crippen molar-refractivity contribution >= 4 is 11.8 Å². The van der Waals surface area contributed by atoms with Crippen molar-refractivity contribution in [1.82, 2.24) is 15.4 Å². The lowest BCUT2D eigenvalue weighted by Gasteiger charge is -2.35. The highest BCUT2D eigenvalue weighted by molar-refractivity contribution is 5.81. The number of hydrogen-bond donors (Lipinski definition) is 1. The molecule has 6 heteroatoms. The van der Waals surface area contributed by atoms with Crippen LogP contribution >= 0.6 is 0 Å². The first kappa shape index (κ1) is 19.5. The molecule has 1 aliphatic heterocycles. The molecule has 1 N–H and O–H groups in total. The van der Waals surface area contributed by atoms with Crippen LogP contribution in [0.25, 0.3) is 0 Å². The second-order valence-corrected chi connectivity index (χ2v) is 9.03. The van der Waals surface area contributed by atoms with E-state index in [-0.39, 0.29) is 29.3 Å². The van der Waals surface area contributed by atoms with Crippen LogP contribution in [0.3, 0.4) is 0 Å². The second kappa shape index (κ2) is 7.88. The van der Waals surface area contributed by atoms with Crippen molar-refractivity contribution in [3.8, 4) is 0 Å². The Morgan fingerprint density at radius 2 is 1.93 bits per heavy atom. The Kier molecular flexibility index (Phi) is 5.48. The highest BCUT2D eigenvalue weighted by Crippen LogP contribution is 2.42. The number of aromatic nitrogens is 1. The van der Waals surface area contributed by atoms with Crippen LogP contribution in [0, 0.1) is 19.8 Å². The van der Waals surface area contributed by atoms with Gasteiger partial charge in [-0.05, 0) is 58.8 Å². The fraction of sp³-hybridized carbons (Fsp3) is 0.773. The van der Waals surface area contributed by atoms with Crippen LogP contribution in [0.2, 0.25) is 0 Å². The third kappa shape index (κ3) is 3.58.